The molecular formula is C24H29N3O2. The number of rotatable bonds is 7. The number of fused-ring (bicyclic) bond motifs is 1. The number of hydrogen-bond donors (Lipinski definition) is 0. The standard InChI is InChI=1S/C24H29N3O2/c1-2-8-24(28)26-15-13-19(14-16-26)17-27-22-12-7-6-11-21(22)25-23(27)18-29-20-9-4-3-5-10-20/h3-7,9-12,19H,2,8,13-18H2,1H3. The molecule has 1 aliphatic heterocycles. The van der Waals surface area contributed by atoms with E-state index in [-0.39, 0.29) is 0 Å². The van der Waals surface area contributed by atoms with Crippen molar-refractivity contribution in [2.45, 2.75) is 45.8 Å². The molecule has 4 rings (SSSR count). The van der Waals surface area contributed by atoms with Gasteiger partial charge in [-0.2, -0.15) is 0 Å². The van der Waals surface area contributed by atoms with Crippen LogP contribution in [-0.4, -0.2) is 33.4 Å². The van der Waals surface area contributed by atoms with E-state index in [1.807, 2.05) is 41.3 Å². The van der Waals surface area contributed by atoms with E-state index in [0.29, 0.717) is 24.9 Å². The van der Waals surface area contributed by atoms with Gasteiger partial charge in [-0.15, -0.1) is 0 Å². The molecule has 0 spiro atoms. The summed E-state index contributed by atoms with van der Waals surface area (Å²) in [6, 6.07) is 18.2. The number of nitrogens with zero attached hydrogens (tertiary/aromatic N) is 3. The minimum Gasteiger partial charge on any atom is -0.486 e. The number of carbonyl (C=O) groups is 1. The summed E-state index contributed by atoms with van der Waals surface area (Å²) in [5, 5.41) is 0. The molecular weight excluding hydrogens is 362 g/mol. The lowest BCUT2D eigenvalue weighted by Gasteiger charge is -2.32. The molecule has 2 aromatic carbocycles. The number of piperidine rings is 1. The molecule has 1 aromatic heterocycles. The molecule has 0 bridgehead atoms. The van der Waals surface area contributed by atoms with Gasteiger partial charge in [-0.05, 0) is 49.4 Å². The predicted octanol–water partition coefficient (Wildman–Crippen LogP) is 4.65. The number of ether oxygens (including phenoxy) is 1. The Morgan fingerprint density at radius 1 is 1.07 bits per heavy atom. The number of benzene rings is 2. The van der Waals surface area contributed by atoms with Crippen molar-refractivity contribution in [3.05, 3.63) is 60.4 Å². The Labute approximate surface area is 172 Å². The summed E-state index contributed by atoms with van der Waals surface area (Å²) in [5.41, 5.74) is 2.17. The third kappa shape index (κ3) is 4.61. The molecule has 1 fully saturated rings. The van der Waals surface area contributed by atoms with Crippen molar-refractivity contribution in [1.82, 2.24) is 14.5 Å². The second-order valence-corrected chi connectivity index (χ2v) is 7.80. The molecule has 5 nitrogen and oxygen atoms in total. The largest absolute Gasteiger partial charge is 0.486 e. The predicted molar refractivity (Wildman–Crippen MR) is 115 cm³/mol. The maximum atomic E-state index is 12.2. The average Bonchev–Trinajstić information content (AvgIpc) is 3.11. The molecule has 1 saturated heterocycles. The summed E-state index contributed by atoms with van der Waals surface area (Å²) < 4.78 is 8.30. The van der Waals surface area contributed by atoms with E-state index in [9.17, 15) is 4.79 Å². The van der Waals surface area contributed by atoms with Crippen molar-refractivity contribution >= 4 is 16.9 Å². The summed E-state index contributed by atoms with van der Waals surface area (Å²) in [6.07, 6.45) is 3.67. The lowest BCUT2D eigenvalue weighted by atomic mass is 9.96. The fourth-order valence-electron chi connectivity index (χ4n) is 4.10. The highest BCUT2D eigenvalue weighted by atomic mass is 16.5. The molecule has 0 unspecified atom stereocenters. The van der Waals surface area contributed by atoms with Crippen LogP contribution in [0.2, 0.25) is 0 Å². The van der Waals surface area contributed by atoms with E-state index >= 15 is 0 Å². The van der Waals surface area contributed by atoms with E-state index in [2.05, 4.69) is 29.7 Å². The normalized spacial score (nSPS) is 15.0. The molecule has 5 heteroatoms. The first-order valence-electron chi connectivity index (χ1n) is 10.6. The molecule has 152 valence electrons. The van der Waals surface area contributed by atoms with Gasteiger partial charge in [0.1, 0.15) is 18.2 Å². The van der Waals surface area contributed by atoms with E-state index in [4.69, 9.17) is 9.72 Å². The molecule has 1 aliphatic rings. The van der Waals surface area contributed by atoms with Crippen LogP contribution in [0, 0.1) is 5.92 Å². The van der Waals surface area contributed by atoms with Gasteiger partial charge in [-0.1, -0.05) is 37.3 Å². The summed E-state index contributed by atoms with van der Waals surface area (Å²) in [4.78, 5) is 19.0. The molecule has 1 amide bonds. The second-order valence-electron chi connectivity index (χ2n) is 7.80. The Hall–Kier alpha value is -2.82. The fraction of sp³-hybridized carbons (Fsp3) is 0.417. The minimum atomic E-state index is 0.302. The zero-order valence-electron chi connectivity index (χ0n) is 17.1. The Bertz CT molecular complexity index is 943. The highest BCUT2D eigenvalue weighted by molar-refractivity contribution is 5.76. The van der Waals surface area contributed by atoms with Gasteiger partial charge in [0.15, 0.2) is 0 Å². The van der Waals surface area contributed by atoms with Crippen LogP contribution < -0.4 is 4.74 Å². The lowest BCUT2D eigenvalue weighted by Crippen LogP contribution is -2.39. The van der Waals surface area contributed by atoms with Crippen LogP contribution in [0.25, 0.3) is 11.0 Å². The highest BCUT2D eigenvalue weighted by Crippen LogP contribution is 2.25. The maximum Gasteiger partial charge on any atom is 0.222 e. The topological polar surface area (TPSA) is 47.4 Å². The van der Waals surface area contributed by atoms with Gasteiger partial charge in [0.05, 0.1) is 11.0 Å². The third-order valence-electron chi connectivity index (χ3n) is 5.72. The van der Waals surface area contributed by atoms with E-state index < -0.39 is 0 Å². The summed E-state index contributed by atoms with van der Waals surface area (Å²) >= 11 is 0. The van der Waals surface area contributed by atoms with Crippen molar-refractivity contribution in [1.29, 1.82) is 0 Å². The molecule has 0 saturated carbocycles. The molecule has 3 aromatic rings. The molecule has 0 atom stereocenters. The quantitative estimate of drug-likeness (QED) is 0.589. The summed E-state index contributed by atoms with van der Waals surface area (Å²) in [6.45, 7) is 5.17. The first-order valence-corrected chi connectivity index (χ1v) is 10.6. The Morgan fingerprint density at radius 3 is 2.55 bits per heavy atom. The summed E-state index contributed by atoms with van der Waals surface area (Å²) in [7, 11) is 0. The minimum absolute atomic E-state index is 0.302. The fourth-order valence-corrected chi connectivity index (χ4v) is 4.10. The van der Waals surface area contributed by atoms with Crippen molar-refractivity contribution < 1.29 is 9.53 Å². The van der Waals surface area contributed by atoms with Crippen LogP contribution in [0.1, 0.15) is 38.4 Å². The van der Waals surface area contributed by atoms with Gasteiger partial charge in [-0.25, -0.2) is 4.98 Å². The maximum absolute atomic E-state index is 12.2. The van der Waals surface area contributed by atoms with Crippen LogP contribution in [-0.2, 0) is 17.9 Å². The van der Waals surface area contributed by atoms with E-state index in [1.54, 1.807) is 0 Å². The van der Waals surface area contributed by atoms with Crippen molar-refractivity contribution in [3.8, 4) is 5.75 Å². The Balaban J connectivity index is 1.47. The zero-order valence-corrected chi connectivity index (χ0v) is 17.1. The SMILES string of the molecule is CCCC(=O)N1CCC(Cn2c(COc3ccccc3)nc3ccccc32)CC1. The third-order valence-corrected chi connectivity index (χ3v) is 5.72. The molecule has 2 heterocycles. The number of aromatic nitrogens is 2. The van der Waals surface area contributed by atoms with Crippen LogP contribution >= 0.6 is 0 Å². The summed E-state index contributed by atoms with van der Waals surface area (Å²) in [5.74, 6) is 2.66. The van der Waals surface area contributed by atoms with Gasteiger partial charge >= 0.3 is 0 Å². The number of likely N-dealkylation sites (tertiary alicyclic amines) is 1. The number of imidazole rings is 1. The van der Waals surface area contributed by atoms with Gasteiger partial charge in [0, 0.05) is 26.1 Å². The van der Waals surface area contributed by atoms with Crippen molar-refractivity contribution in [2.75, 3.05) is 13.1 Å². The molecule has 0 aliphatic carbocycles. The van der Waals surface area contributed by atoms with Crippen molar-refractivity contribution in [2.24, 2.45) is 5.92 Å². The average molecular weight is 392 g/mol. The first kappa shape index (κ1) is 19.5. The van der Waals surface area contributed by atoms with E-state index in [0.717, 1.165) is 61.5 Å². The second kappa shape index (κ2) is 9.12. The number of para-hydroxylation sites is 3. The molecule has 0 radical (unpaired) electrons. The molecule has 0 N–H and O–H groups in total. The van der Waals surface area contributed by atoms with Gasteiger partial charge in [-0.3, -0.25) is 4.79 Å². The zero-order chi connectivity index (χ0) is 20.1. The van der Waals surface area contributed by atoms with Gasteiger partial charge < -0.3 is 14.2 Å². The van der Waals surface area contributed by atoms with Crippen LogP contribution in [0.3, 0.4) is 0 Å². The van der Waals surface area contributed by atoms with Crippen LogP contribution in [0.5, 0.6) is 5.75 Å². The van der Waals surface area contributed by atoms with Crippen molar-refractivity contribution in [3.63, 3.8) is 0 Å². The highest BCUT2D eigenvalue weighted by Gasteiger charge is 2.24. The number of amides is 1. The van der Waals surface area contributed by atoms with Gasteiger partial charge in [0.25, 0.3) is 0 Å². The van der Waals surface area contributed by atoms with Gasteiger partial charge in [0.2, 0.25) is 5.91 Å². The van der Waals surface area contributed by atoms with E-state index in [1.165, 1.54) is 0 Å². The first-order chi connectivity index (χ1) is 14.2. The number of hydrogen-bond acceptors (Lipinski definition) is 3. The Kier molecular flexibility index (Phi) is 6.13. The number of carbonyl (C=O) groups excluding carboxylic acids is 1. The van der Waals surface area contributed by atoms with Crippen LogP contribution in [0.15, 0.2) is 54.6 Å². The smallest absolute Gasteiger partial charge is 0.222 e. The Morgan fingerprint density at radius 2 is 1.79 bits per heavy atom. The monoisotopic (exact) mass is 391 g/mol. The lowest BCUT2D eigenvalue weighted by molar-refractivity contribution is -0.132. The molecule has 29 heavy (non-hydrogen) atoms. The van der Waals surface area contributed by atoms with Crippen LogP contribution in [0.4, 0.5) is 0 Å².